The van der Waals surface area contributed by atoms with Gasteiger partial charge >= 0.3 is 0 Å². The van der Waals surface area contributed by atoms with Crippen molar-refractivity contribution in [1.82, 2.24) is 15.1 Å². The van der Waals surface area contributed by atoms with Crippen molar-refractivity contribution in [3.63, 3.8) is 0 Å². The number of hydrogen-bond donors (Lipinski definition) is 1. The van der Waals surface area contributed by atoms with Crippen LogP contribution in [0.15, 0.2) is 45.5 Å². The van der Waals surface area contributed by atoms with E-state index < -0.39 is 5.60 Å². The van der Waals surface area contributed by atoms with Gasteiger partial charge in [0, 0.05) is 6.92 Å². The molecular weight excluding hydrogens is 270 g/mol. The van der Waals surface area contributed by atoms with Gasteiger partial charge < -0.3 is 14.0 Å². The van der Waals surface area contributed by atoms with Crippen molar-refractivity contribution in [2.45, 2.75) is 25.9 Å². The smallest absolute Gasteiger partial charge is 0.230 e. The van der Waals surface area contributed by atoms with Crippen molar-refractivity contribution in [3.05, 3.63) is 53.9 Å². The minimum absolute atomic E-state index is 0.223. The van der Waals surface area contributed by atoms with Gasteiger partial charge in [-0.1, -0.05) is 35.5 Å². The van der Waals surface area contributed by atoms with Crippen LogP contribution >= 0.6 is 0 Å². The molecule has 0 aliphatic heterocycles. The van der Waals surface area contributed by atoms with Crippen LogP contribution in [-0.2, 0) is 12.0 Å². The van der Waals surface area contributed by atoms with E-state index in [9.17, 15) is 5.11 Å². The summed E-state index contributed by atoms with van der Waals surface area (Å²) in [6.45, 7) is 3.46. The third-order valence-electron chi connectivity index (χ3n) is 3.21. The van der Waals surface area contributed by atoms with Crippen LogP contribution in [-0.4, -0.2) is 20.2 Å². The van der Waals surface area contributed by atoms with Crippen LogP contribution in [0.3, 0.4) is 0 Å². The molecule has 2 aromatic heterocycles. The van der Waals surface area contributed by atoms with Crippen molar-refractivity contribution in [1.29, 1.82) is 0 Å². The molecule has 1 unspecified atom stereocenters. The monoisotopic (exact) mass is 285 g/mol. The van der Waals surface area contributed by atoms with E-state index in [0.717, 1.165) is 5.56 Å². The molecule has 0 radical (unpaired) electrons. The predicted molar refractivity (Wildman–Crippen MR) is 74.2 cm³/mol. The van der Waals surface area contributed by atoms with Crippen LogP contribution in [0.4, 0.5) is 0 Å². The van der Waals surface area contributed by atoms with Crippen molar-refractivity contribution in [2.24, 2.45) is 0 Å². The highest BCUT2D eigenvalue weighted by Crippen LogP contribution is 2.25. The number of benzene rings is 1. The first-order valence-electron chi connectivity index (χ1n) is 6.57. The number of oxazole rings is 1. The molecule has 0 amide bonds. The van der Waals surface area contributed by atoms with Crippen LogP contribution in [0.5, 0.6) is 0 Å². The summed E-state index contributed by atoms with van der Waals surface area (Å²) in [5.41, 5.74) is 0.231. The molecule has 108 valence electrons. The molecule has 3 rings (SSSR count). The summed E-state index contributed by atoms with van der Waals surface area (Å²) in [5.74, 6) is 1.23. The summed E-state index contributed by atoms with van der Waals surface area (Å²) in [5, 5.41) is 14.4. The van der Waals surface area contributed by atoms with E-state index in [4.69, 9.17) is 8.94 Å². The summed E-state index contributed by atoms with van der Waals surface area (Å²) in [6, 6.07) is 9.37. The van der Waals surface area contributed by atoms with E-state index in [1.807, 2.05) is 30.3 Å². The van der Waals surface area contributed by atoms with E-state index in [1.54, 1.807) is 13.8 Å². The van der Waals surface area contributed by atoms with Gasteiger partial charge in [0.2, 0.25) is 11.7 Å². The van der Waals surface area contributed by atoms with Gasteiger partial charge in [-0.3, -0.25) is 0 Å². The lowest BCUT2D eigenvalue weighted by Gasteiger charge is -2.21. The molecular formula is C15H15N3O3. The summed E-state index contributed by atoms with van der Waals surface area (Å²) in [4.78, 5) is 8.38. The maximum atomic E-state index is 10.6. The van der Waals surface area contributed by atoms with Gasteiger partial charge in [0.1, 0.15) is 12.0 Å². The highest BCUT2D eigenvalue weighted by molar-refractivity contribution is 5.45. The van der Waals surface area contributed by atoms with Gasteiger partial charge in [0.15, 0.2) is 5.89 Å². The maximum Gasteiger partial charge on any atom is 0.230 e. The molecule has 0 spiro atoms. The molecule has 0 aliphatic carbocycles. The number of hydrogen-bond acceptors (Lipinski definition) is 6. The number of aryl methyl sites for hydroxylation is 1. The van der Waals surface area contributed by atoms with Gasteiger partial charge in [-0.15, -0.1) is 0 Å². The Morgan fingerprint density at radius 3 is 2.62 bits per heavy atom. The number of nitrogens with zero attached hydrogens (tertiary/aromatic N) is 3. The zero-order valence-corrected chi connectivity index (χ0v) is 11.8. The van der Waals surface area contributed by atoms with Gasteiger partial charge in [-0.05, 0) is 12.5 Å². The fourth-order valence-corrected chi connectivity index (χ4v) is 2.09. The number of rotatable bonds is 4. The number of aromatic nitrogens is 3. The first kappa shape index (κ1) is 13.5. The summed E-state index contributed by atoms with van der Waals surface area (Å²) >= 11 is 0. The SMILES string of the molecule is Cc1nc(-c2noc(CC(C)(O)c3ccccc3)n2)co1. The fourth-order valence-electron chi connectivity index (χ4n) is 2.09. The Bertz CT molecular complexity index is 731. The number of aliphatic hydroxyl groups is 1. The predicted octanol–water partition coefficient (Wildman–Crippen LogP) is 2.48. The molecule has 0 saturated heterocycles. The van der Waals surface area contributed by atoms with Crippen LogP contribution in [0.2, 0.25) is 0 Å². The van der Waals surface area contributed by atoms with Crippen molar-refractivity contribution < 1.29 is 14.0 Å². The summed E-state index contributed by atoms with van der Waals surface area (Å²) in [7, 11) is 0. The Kier molecular flexibility index (Phi) is 3.31. The van der Waals surface area contributed by atoms with E-state index in [1.165, 1.54) is 6.26 Å². The molecule has 0 fully saturated rings. The first-order chi connectivity index (χ1) is 10.0. The highest BCUT2D eigenvalue weighted by atomic mass is 16.5. The zero-order chi connectivity index (χ0) is 14.9. The third kappa shape index (κ3) is 2.85. The lowest BCUT2D eigenvalue weighted by molar-refractivity contribution is 0.0490. The van der Waals surface area contributed by atoms with Crippen LogP contribution < -0.4 is 0 Å². The lowest BCUT2D eigenvalue weighted by Crippen LogP contribution is -2.24. The van der Waals surface area contributed by atoms with E-state index in [-0.39, 0.29) is 6.42 Å². The summed E-state index contributed by atoms with van der Waals surface area (Å²) in [6.07, 6.45) is 1.69. The molecule has 0 aliphatic rings. The third-order valence-corrected chi connectivity index (χ3v) is 3.21. The molecule has 0 bridgehead atoms. The van der Waals surface area contributed by atoms with Crippen molar-refractivity contribution in [3.8, 4) is 11.5 Å². The quantitative estimate of drug-likeness (QED) is 0.792. The lowest BCUT2D eigenvalue weighted by atomic mass is 9.93. The average Bonchev–Trinajstić information content (AvgIpc) is 3.08. The standard InChI is InChI=1S/C15H15N3O3/c1-10-16-12(9-20-10)14-17-13(21-18-14)8-15(2,19)11-6-4-3-5-7-11/h3-7,9,19H,8H2,1-2H3. The highest BCUT2D eigenvalue weighted by Gasteiger charge is 2.27. The fraction of sp³-hybridized carbons (Fsp3) is 0.267. The first-order valence-corrected chi connectivity index (χ1v) is 6.57. The molecule has 21 heavy (non-hydrogen) atoms. The second-order valence-electron chi connectivity index (χ2n) is 5.08. The van der Waals surface area contributed by atoms with Gasteiger partial charge in [0.25, 0.3) is 0 Å². The van der Waals surface area contributed by atoms with Crippen LogP contribution in [0.1, 0.15) is 24.3 Å². The van der Waals surface area contributed by atoms with Crippen LogP contribution in [0.25, 0.3) is 11.5 Å². The molecule has 6 heteroatoms. The van der Waals surface area contributed by atoms with Gasteiger partial charge in [0.05, 0.1) is 12.0 Å². The molecule has 3 aromatic rings. The zero-order valence-electron chi connectivity index (χ0n) is 11.8. The Labute approximate surface area is 121 Å². The minimum Gasteiger partial charge on any atom is -0.449 e. The molecule has 2 heterocycles. The molecule has 1 N–H and O–H groups in total. The van der Waals surface area contributed by atoms with Crippen molar-refractivity contribution in [2.75, 3.05) is 0 Å². The summed E-state index contributed by atoms with van der Waals surface area (Å²) < 4.78 is 10.3. The van der Waals surface area contributed by atoms with E-state index in [2.05, 4.69) is 15.1 Å². The largest absolute Gasteiger partial charge is 0.449 e. The van der Waals surface area contributed by atoms with E-state index in [0.29, 0.717) is 23.3 Å². The molecule has 6 nitrogen and oxygen atoms in total. The topological polar surface area (TPSA) is 85.2 Å². The van der Waals surface area contributed by atoms with Gasteiger partial charge in [-0.2, -0.15) is 4.98 Å². The Hall–Kier alpha value is -2.47. The maximum absolute atomic E-state index is 10.6. The Balaban J connectivity index is 1.81. The van der Waals surface area contributed by atoms with Crippen LogP contribution in [0, 0.1) is 6.92 Å². The molecule has 1 aromatic carbocycles. The van der Waals surface area contributed by atoms with Crippen molar-refractivity contribution >= 4 is 0 Å². The molecule has 0 saturated carbocycles. The average molecular weight is 285 g/mol. The van der Waals surface area contributed by atoms with E-state index >= 15 is 0 Å². The second-order valence-corrected chi connectivity index (χ2v) is 5.08. The molecule has 1 atom stereocenters. The van der Waals surface area contributed by atoms with Gasteiger partial charge in [-0.25, -0.2) is 4.98 Å². The normalized spacial score (nSPS) is 14.0. The Morgan fingerprint density at radius 1 is 1.19 bits per heavy atom. The Morgan fingerprint density at radius 2 is 1.95 bits per heavy atom. The minimum atomic E-state index is -1.08. The second kappa shape index (κ2) is 5.14.